The van der Waals surface area contributed by atoms with E-state index in [9.17, 15) is 9.59 Å². The van der Waals surface area contributed by atoms with Crippen molar-refractivity contribution < 1.29 is 14.2 Å². The van der Waals surface area contributed by atoms with E-state index < -0.39 is 11.2 Å². The molecule has 162 valence electrons. The normalized spacial score (nSPS) is 12.2. The lowest BCUT2D eigenvalue weighted by atomic mass is 10.2. The third kappa shape index (κ3) is 3.62. The number of anilines is 1. The molecular formula is C22H19N5O5. The first-order valence-corrected chi connectivity index (χ1v) is 10.00. The monoisotopic (exact) mass is 433 g/mol. The summed E-state index contributed by atoms with van der Waals surface area (Å²) in [6.45, 7) is 3.06. The van der Waals surface area contributed by atoms with Gasteiger partial charge in [-0.1, -0.05) is 12.1 Å². The van der Waals surface area contributed by atoms with Crippen molar-refractivity contribution in [3.63, 3.8) is 0 Å². The third-order valence-corrected chi connectivity index (χ3v) is 4.93. The number of benzene rings is 2. The highest BCUT2D eigenvalue weighted by atomic mass is 16.7. The number of ether oxygens (including phenoxy) is 3. The van der Waals surface area contributed by atoms with Crippen LogP contribution in [0.25, 0.3) is 16.7 Å². The molecule has 0 saturated heterocycles. The van der Waals surface area contributed by atoms with E-state index in [0.717, 1.165) is 15.9 Å². The van der Waals surface area contributed by atoms with Crippen LogP contribution in [0.3, 0.4) is 0 Å². The summed E-state index contributed by atoms with van der Waals surface area (Å²) in [5.74, 6) is 2.10. The van der Waals surface area contributed by atoms with Crippen molar-refractivity contribution in [2.45, 2.75) is 13.5 Å². The Kier molecular flexibility index (Phi) is 4.94. The molecule has 0 bridgehead atoms. The Hall–Kier alpha value is -4.34. The Labute approximate surface area is 181 Å². The SMILES string of the molecule is CCOc1cccc(CNc2ncc3c(=O)n(-c4ccc5c(c4)OCO5)c(=O)[nH]c3n2)c1. The first-order chi connectivity index (χ1) is 15.6. The van der Waals surface area contributed by atoms with E-state index in [1.807, 2.05) is 31.2 Å². The molecular weight excluding hydrogens is 414 g/mol. The van der Waals surface area contributed by atoms with Crippen LogP contribution in [0.2, 0.25) is 0 Å². The maximum absolute atomic E-state index is 13.0. The molecule has 1 aliphatic heterocycles. The Morgan fingerprint density at radius 1 is 1.16 bits per heavy atom. The molecule has 0 radical (unpaired) electrons. The first-order valence-electron chi connectivity index (χ1n) is 10.00. The van der Waals surface area contributed by atoms with Gasteiger partial charge in [-0.2, -0.15) is 4.98 Å². The summed E-state index contributed by atoms with van der Waals surface area (Å²) in [6.07, 6.45) is 1.39. The molecule has 2 aromatic carbocycles. The molecule has 0 saturated carbocycles. The first kappa shape index (κ1) is 19.6. The molecule has 0 fully saturated rings. The predicted molar refractivity (Wildman–Crippen MR) is 117 cm³/mol. The largest absolute Gasteiger partial charge is 0.494 e. The van der Waals surface area contributed by atoms with Gasteiger partial charge in [0, 0.05) is 18.8 Å². The summed E-state index contributed by atoms with van der Waals surface area (Å²) in [5.41, 5.74) is 0.344. The number of nitrogens with one attached hydrogen (secondary N) is 2. The lowest BCUT2D eigenvalue weighted by Crippen LogP contribution is -2.34. The van der Waals surface area contributed by atoms with Crippen LogP contribution in [-0.2, 0) is 6.54 Å². The van der Waals surface area contributed by atoms with E-state index in [2.05, 4.69) is 20.3 Å². The maximum atomic E-state index is 13.0. The fourth-order valence-electron chi connectivity index (χ4n) is 3.44. The van der Waals surface area contributed by atoms with E-state index in [4.69, 9.17) is 14.2 Å². The Morgan fingerprint density at radius 3 is 2.91 bits per heavy atom. The van der Waals surface area contributed by atoms with Crippen molar-refractivity contribution >= 4 is 17.0 Å². The number of fused-ring (bicyclic) bond motifs is 2. The number of aromatic nitrogens is 4. The summed E-state index contributed by atoms with van der Waals surface area (Å²) in [6, 6.07) is 12.5. The fourth-order valence-corrected chi connectivity index (χ4v) is 3.44. The second-order valence-corrected chi connectivity index (χ2v) is 7.00. The van der Waals surface area contributed by atoms with Crippen molar-refractivity contribution in [2.75, 3.05) is 18.7 Å². The molecule has 2 aromatic heterocycles. The molecule has 0 amide bonds. The highest BCUT2D eigenvalue weighted by Crippen LogP contribution is 2.33. The zero-order valence-electron chi connectivity index (χ0n) is 17.1. The molecule has 0 spiro atoms. The highest BCUT2D eigenvalue weighted by molar-refractivity contribution is 5.73. The lowest BCUT2D eigenvalue weighted by molar-refractivity contribution is 0.174. The van der Waals surface area contributed by atoms with Crippen molar-refractivity contribution in [3.05, 3.63) is 75.1 Å². The summed E-state index contributed by atoms with van der Waals surface area (Å²) >= 11 is 0. The third-order valence-electron chi connectivity index (χ3n) is 4.93. The molecule has 4 aromatic rings. The minimum Gasteiger partial charge on any atom is -0.494 e. The van der Waals surface area contributed by atoms with E-state index in [1.165, 1.54) is 6.20 Å². The molecule has 32 heavy (non-hydrogen) atoms. The van der Waals surface area contributed by atoms with Gasteiger partial charge in [-0.25, -0.2) is 14.3 Å². The van der Waals surface area contributed by atoms with Crippen LogP contribution >= 0.6 is 0 Å². The Balaban J connectivity index is 1.44. The summed E-state index contributed by atoms with van der Waals surface area (Å²) < 4.78 is 17.1. The van der Waals surface area contributed by atoms with Gasteiger partial charge < -0.3 is 19.5 Å². The minimum atomic E-state index is -0.615. The van der Waals surface area contributed by atoms with E-state index in [-0.39, 0.29) is 23.8 Å². The predicted octanol–water partition coefficient (Wildman–Crippen LogP) is 2.21. The van der Waals surface area contributed by atoms with Gasteiger partial charge in [0.15, 0.2) is 17.1 Å². The highest BCUT2D eigenvalue weighted by Gasteiger charge is 2.17. The summed E-state index contributed by atoms with van der Waals surface area (Å²) in [5, 5.41) is 3.28. The van der Waals surface area contributed by atoms with Crippen LogP contribution in [-0.4, -0.2) is 32.9 Å². The minimum absolute atomic E-state index is 0.0985. The van der Waals surface area contributed by atoms with E-state index in [1.54, 1.807) is 18.2 Å². The molecule has 10 heteroatoms. The van der Waals surface area contributed by atoms with Gasteiger partial charge in [0.25, 0.3) is 5.56 Å². The number of aromatic amines is 1. The quantitative estimate of drug-likeness (QED) is 0.475. The number of hydrogen-bond acceptors (Lipinski definition) is 8. The average molecular weight is 433 g/mol. The van der Waals surface area contributed by atoms with E-state index in [0.29, 0.717) is 30.3 Å². The molecule has 0 unspecified atom stereocenters. The van der Waals surface area contributed by atoms with Gasteiger partial charge in [0.2, 0.25) is 12.7 Å². The van der Waals surface area contributed by atoms with Gasteiger partial charge in [-0.3, -0.25) is 9.78 Å². The molecule has 10 nitrogen and oxygen atoms in total. The molecule has 2 N–H and O–H groups in total. The van der Waals surface area contributed by atoms with Gasteiger partial charge in [-0.05, 0) is 36.8 Å². The summed E-state index contributed by atoms with van der Waals surface area (Å²) in [4.78, 5) is 36.9. The molecule has 1 aliphatic rings. The van der Waals surface area contributed by atoms with Crippen LogP contribution in [0.4, 0.5) is 5.95 Å². The maximum Gasteiger partial charge on any atom is 0.334 e. The van der Waals surface area contributed by atoms with Crippen LogP contribution in [0.15, 0.2) is 58.3 Å². The van der Waals surface area contributed by atoms with Crippen molar-refractivity contribution in [3.8, 4) is 22.9 Å². The Bertz CT molecular complexity index is 1430. The number of rotatable bonds is 6. The van der Waals surface area contributed by atoms with Crippen LogP contribution < -0.4 is 30.8 Å². The molecule has 0 atom stereocenters. The second-order valence-electron chi connectivity index (χ2n) is 7.00. The average Bonchev–Trinajstić information content (AvgIpc) is 3.26. The number of nitrogens with zero attached hydrogens (tertiary/aromatic N) is 3. The van der Waals surface area contributed by atoms with Crippen molar-refractivity contribution in [1.29, 1.82) is 0 Å². The standard InChI is InChI=1S/C22H19N5O5/c1-2-30-15-5-3-4-13(8-15)10-23-21-24-11-16-19(25-21)26-22(29)27(20(16)28)14-6-7-17-18(9-14)32-12-31-17/h3-9,11H,2,10,12H2,1H3,(H2,23,24,25,26,29). The smallest absolute Gasteiger partial charge is 0.334 e. The van der Waals surface area contributed by atoms with Crippen LogP contribution in [0, 0.1) is 0 Å². The van der Waals surface area contributed by atoms with Gasteiger partial charge in [-0.15, -0.1) is 0 Å². The van der Waals surface area contributed by atoms with Crippen LogP contribution in [0.1, 0.15) is 12.5 Å². The number of H-pyrrole nitrogens is 1. The van der Waals surface area contributed by atoms with Crippen LogP contribution in [0.5, 0.6) is 17.2 Å². The number of hydrogen-bond donors (Lipinski definition) is 2. The fraction of sp³-hybridized carbons (Fsp3) is 0.182. The topological polar surface area (TPSA) is 120 Å². The van der Waals surface area contributed by atoms with Crippen molar-refractivity contribution in [2.24, 2.45) is 0 Å². The van der Waals surface area contributed by atoms with Gasteiger partial charge in [0.05, 0.1) is 12.3 Å². The lowest BCUT2D eigenvalue weighted by Gasteiger charge is -2.09. The van der Waals surface area contributed by atoms with Gasteiger partial charge >= 0.3 is 5.69 Å². The van der Waals surface area contributed by atoms with Gasteiger partial charge in [0.1, 0.15) is 11.1 Å². The molecule has 0 aliphatic carbocycles. The summed E-state index contributed by atoms with van der Waals surface area (Å²) in [7, 11) is 0. The zero-order valence-corrected chi connectivity index (χ0v) is 17.1. The Morgan fingerprint density at radius 2 is 2.03 bits per heavy atom. The molecule has 5 rings (SSSR count). The second kappa shape index (κ2) is 8.06. The van der Waals surface area contributed by atoms with Crippen molar-refractivity contribution in [1.82, 2.24) is 19.5 Å². The van der Waals surface area contributed by atoms with E-state index >= 15 is 0 Å². The zero-order chi connectivity index (χ0) is 22.1. The molecule has 3 heterocycles.